The molecule has 0 aromatic carbocycles. The molecule has 0 radical (unpaired) electrons. The van der Waals surface area contributed by atoms with Crippen molar-refractivity contribution in [3.05, 3.63) is 20.8 Å². The van der Waals surface area contributed by atoms with Crippen LogP contribution in [0.4, 0.5) is 0 Å². The lowest BCUT2D eigenvalue weighted by Crippen LogP contribution is -2.43. The minimum absolute atomic E-state index is 0.122. The van der Waals surface area contributed by atoms with Crippen LogP contribution >= 0.6 is 22.9 Å². The Balaban J connectivity index is 1.80. The quantitative estimate of drug-likeness (QED) is 0.656. The van der Waals surface area contributed by atoms with Crippen LogP contribution < -0.4 is 11.3 Å². The van der Waals surface area contributed by atoms with E-state index in [1.807, 2.05) is 0 Å². The third kappa shape index (κ3) is 2.64. The summed E-state index contributed by atoms with van der Waals surface area (Å²) in [6.07, 6.45) is 7.17. The maximum absolute atomic E-state index is 6.44. The van der Waals surface area contributed by atoms with Crippen molar-refractivity contribution in [3.63, 3.8) is 0 Å². The number of hydrazine groups is 1. The normalized spacial score (nSPS) is 27.1. The first-order valence-electron chi connectivity index (χ1n) is 7.49. The average Bonchev–Trinajstić information content (AvgIpc) is 3.02. The molecule has 3 nitrogen and oxygen atoms in total. The van der Waals surface area contributed by atoms with Crippen LogP contribution in [0, 0.1) is 12.8 Å². The van der Waals surface area contributed by atoms with Crippen LogP contribution in [0.15, 0.2) is 5.38 Å². The van der Waals surface area contributed by atoms with Gasteiger partial charge < -0.3 is 4.74 Å². The van der Waals surface area contributed by atoms with E-state index in [0.717, 1.165) is 30.0 Å². The molecule has 0 amide bonds. The van der Waals surface area contributed by atoms with Gasteiger partial charge in [0.15, 0.2) is 0 Å². The zero-order chi connectivity index (χ0) is 14.2. The summed E-state index contributed by atoms with van der Waals surface area (Å²) in [7, 11) is 0. The molecule has 5 heteroatoms. The average molecular weight is 315 g/mol. The molecule has 20 heavy (non-hydrogen) atoms. The Morgan fingerprint density at radius 1 is 1.50 bits per heavy atom. The summed E-state index contributed by atoms with van der Waals surface area (Å²) in [5.41, 5.74) is 4.29. The first-order chi connectivity index (χ1) is 9.65. The van der Waals surface area contributed by atoms with Gasteiger partial charge in [-0.3, -0.25) is 11.3 Å². The van der Waals surface area contributed by atoms with E-state index < -0.39 is 0 Å². The zero-order valence-electron chi connectivity index (χ0n) is 12.0. The van der Waals surface area contributed by atoms with E-state index in [9.17, 15) is 0 Å². The Labute approximate surface area is 129 Å². The van der Waals surface area contributed by atoms with Crippen molar-refractivity contribution in [1.82, 2.24) is 5.43 Å². The van der Waals surface area contributed by atoms with E-state index in [-0.39, 0.29) is 11.6 Å². The summed E-state index contributed by atoms with van der Waals surface area (Å²) >= 11 is 8.15. The molecule has 0 bridgehead atoms. The van der Waals surface area contributed by atoms with Crippen molar-refractivity contribution in [2.75, 3.05) is 6.61 Å². The van der Waals surface area contributed by atoms with Crippen LogP contribution in [-0.2, 0) is 4.74 Å². The molecular weight excluding hydrogens is 292 g/mol. The number of halogens is 1. The van der Waals surface area contributed by atoms with Crippen LogP contribution in [0.3, 0.4) is 0 Å². The molecule has 1 aliphatic heterocycles. The van der Waals surface area contributed by atoms with Crippen molar-refractivity contribution in [2.24, 2.45) is 11.8 Å². The van der Waals surface area contributed by atoms with Gasteiger partial charge in [-0.05, 0) is 49.5 Å². The highest BCUT2D eigenvalue weighted by molar-refractivity contribution is 7.10. The topological polar surface area (TPSA) is 47.3 Å². The predicted octanol–water partition coefficient (Wildman–Crippen LogP) is 3.95. The molecule has 3 N–H and O–H groups in total. The number of hydrogen-bond donors (Lipinski definition) is 2. The molecule has 2 atom stereocenters. The number of rotatable bonds is 3. The molecule has 1 saturated heterocycles. The Morgan fingerprint density at radius 2 is 2.25 bits per heavy atom. The molecule has 112 valence electrons. The summed E-state index contributed by atoms with van der Waals surface area (Å²) in [4.78, 5) is 1.19. The van der Waals surface area contributed by atoms with Crippen molar-refractivity contribution >= 4 is 22.9 Å². The number of nitrogens with one attached hydrogen (secondary N) is 1. The first-order valence-corrected chi connectivity index (χ1v) is 8.74. The Hall–Kier alpha value is -0.130. The smallest absolute Gasteiger partial charge is 0.0686 e. The molecular formula is C15H23ClN2OS. The van der Waals surface area contributed by atoms with Crippen molar-refractivity contribution in [1.29, 1.82) is 0 Å². The predicted molar refractivity (Wildman–Crippen MR) is 84.0 cm³/mol. The molecule has 1 saturated carbocycles. The highest BCUT2D eigenvalue weighted by Crippen LogP contribution is 2.47. The van der Waals surface area contributed by atoms with E-state index in [2.05, 4.69) is 17.7 Å². The van der Waals surface area contributed by atoms with Gasteiger partial charge in [-0.15, -0.1) is 11.3 Å². The van der Waals surface area contributed by atoms with E-state index in [1.165, 1.54) is 30.6 Å². The van der Waals surface area contributed by atoms with Crippen LogP contribution in [0.1, 0.15) is 55.0 Å². The summed E-state index contributed by atoms with van der Waals surface area (Å²) in [5.74, 6) is 6.37. The fraction of sp³-hybridized carbons (Fsp3) is 0.733. The van der Waals surface area contributed by atoms with Gasteiger partial charge in [0, 0.05) is 11.5 Å². The maximum atomic E-state index is 6.44. The number of thiophene rings is 1. The maximum Gasteiger partial charge on any atom is 0.0686 e. The molecule has 2 aliphatic rings. The van der Waals surface area contributed by atoms with Crippen LogP contribution in [0.5, 0.6) is 0 Å². The Bertz CT molecular complexity index is 470. The minimum Gasteiger partial charge on any atom is -0.375 e. The van der Waals surface area contributed by atoms with Gasteiger partial charge in [0.05, 0.1) is 16.7 Å². The summed E-state index contributed by atoms with van der Waals surface area (Å²) < 4.78 is 6.12. The van der Waals surface area contributed by atoms with E-state index >= 15 is 0 Å². The minimum atomic E-state index is 0.122. The van der Waals surface area contributed by atoms with Gasteiger partial charge in [-0.25, -0.2) is 0 Å². The molecule has 1 aromatic rings. The number of aryl methyl sites for hydroxylation is 1. The summed E-state index contributed by atoms with van der Waals surface area (Å²) in [5, 5.41) is 3.00. The molecule has 2 unspecified atom stereocenters. The Kier molecular flexibility index (Phi) is 4.39. The van der Waals surface area contributed by atoms with Crippen molar-refractivity contribution in [2.45, 2.75) is 57.1 Å². The monoisotopic (exact) mass is 314 g/mol. The van der Waals surface area contributed by atoms with Crippen LogP contribution in [0.25, 0.3) is 0 Å². The van der Waals surface area contributed by atoms with E-state index in [1.54, 1.807) is 11.3 Å². The number of nitrogens with two attached hydrogens (primary N) is 1. The van der Waals surface area contributed by atoms with E-state index in [4.69, 9.17) is 22.2 Å². The summed E-state index contributed by atoms with van der Waals surface area (Å²) in [6, 6.07) is 0.155. The van der Waals surface area contributed by atoms with Gasteiger partial charge in [0.2, 0.25) is 0 Å². The molecule has 1 spiro atoms. The molecule has 1 aliphatic carbocycles. The standard InChI is InChI=1S/C15H23ClN2OS/c1-10-9-20-14(12(10)16)13(18-17)11-4-7-19-15(8-11)5-2-3-6-15/h9,11,13,18H,2-8,17H2,1H3. The van der Waals surface area contributed by atoms with Crippen molar-refractivity contribution in [3.8, 4) is 0 Å². The van der Waals surface area contributed by atoms with E-state index in [0.29, 0.717) is 5.92 Å². The highest BCUT2D eigenvalue weighted by Gasteiger charge is 2.42. The van der Waals surface area contributed by atoms with Gasteiger partial charge in [0.1, 0.15) is 0 Å². The molecule has 2 heterocycles. The van der Waals surface area contributed by atoms with Crippen LogP contribution in [0.2, 0.25) is 5.02 Å². The van der Waals surface area contributed by atoms with Gasteiger partial charge >= 0.3 is 0 Å². The first kappa shape index (κ1) is 14.8. The SMILES string of the molecule is Cc1csc(C(NN)C2CCOC3(CCCC3)C2)c1Cl. The highest BCUT2D eigenvalue weighted by atomic mass is 35.5. The molecule has 2 fully saturated rings. The lowest BCUT2D eigenvalue weighted by Gasteiger charge is -2.41. The van der Waals surface area contributed by atoms with Crippen LogP contribution in [-0.4, -0.2) is 12.2 Å². The third-order valence-corrected chi connectivity index (χ3v) is 6.70. The lowest BCUT2D eigenvalue weighted by molar-refractivity contribution is -0.0980. The second kappa shape index (κ2) is 5.93. The Morgan fingerprint density at radius 3 is 2.85 bits per heavy atom. The second-order valence-electron chi connectivity index (χ2n) is 6.23. The lowest BCUT2D eigenvalue weighted by atomic mass is 9.80. The van der Waals surface area contributed by atoms with Gasteiger partial charge in [0.25, 0.3) is 0 Å². The number of hydrogen-bond acceptors (Lipinski definition) is 4. The van der Waals surface area contributed by atoms with Gasteiger partial charge in [-0.2, -0.15) is 0 Å². The zero-order valence-corrected chi connectivity index (χ0v) is 13.5. The van der Waals surface area contributed by atoms with Crippen molar-refractivity contribution < 1.29 is 4.74 Å². The molecule has 1 aromatic heterocycles. The largest absolute Gasteiger partial charge is 0.375 e. The summed E-state index contributed by atoms with van der Waals surface area (Å²) in [6.45, 7) is 2.91. The molecule has 3 rings (SSSR count). The van der Waals surface area contributed by atoms with Gasteiger partial charge in [-0.1, -0.05) is 24.4 Å². The third-order valence-electron chi connectivity index (χ3n) is 4.90. The fourth-order valence-electron chi connectivity index (χ4n) is 3.80. The second-order valence-corrected chi connectivity index (χ2v) is 7.52. The fourth-order valence-corrected chi connectivity index (χ4v) is 5.27. The number of ether oxygens (including phenoxy) is 1.